The first-order chi connectivity index (χ1) is 44.7. The number of carbonyl (C=O) groups is 4. The summed E-state index contributed by atoms with van der Waals surface area (Å²) in [5.41, 5.74) is 0. The predicted molar refractivity (Wildman–Crippen MR) is 377 cm³/mol. The second kappa shape index (κ2) is 63.5. The van der Waals surface area contributed by atoms with E-state index >= 15 is 0 Å². The van der Waals surface area contributed by atoms with Gasteiger partial charge in [0.1, 0.15) is 19.3 Å². The van der Waals surface area contributed by atoms with Crippen LogP contribution in [0.1, 0.15) is 370 Å². The predicted octanol–water partition coefficient (Wildman–Crippen LogP) is 21.3. The quantitative estimate of drug-likeness (QED) is 0.0222. The molecule has 3 N–H and O–H groups in total. The molecule has 552 valence electrons. The lowest BCUT2D eigenvalue weighted by Gasteiger charge is -2.21. The van der Waals surface area contributed by atoms with Crippen molar-refractivity contribution < 1.29 is 80.2 Å². The van der Waals surface area contributed by atoms with Crippen LogP contribution in [-0.2, 0) is 65.4 Å². The van der Waals surface area contributed by atoms with E-state index in [1.54, 1.807) is 0 Å². The van der Waals surface area contributed by atoms with Crippen LogP contribution in [0, 0.1) is 23.7 Å². The van der Waals surface area contributed by atoms with Crippen molar-refractivity contribution in [3.8, 4) is 0 Å². The number of hydrogen-bond acceptors (Lipinski definition) is 15. The van der Waals surface area contributed by atoms with E-state index in [0.717, 1.165) is 120 Å². The van der Waals surface area contributed by atoms with Crippen LogP contribution in [0.5, 0.6) is 0 Å². The second-order valence-electron chi connectivity index (χ2n) is 27.9. The molecule has 17 nitrogen and oxygen atoms in total. The van der Waals surface area contributed by atoms with Gasteiger partial charge in [-0.1, -0.05) is 319 Å². The van der Waals surface area contributed by atoms with E-state index in [0.29, 0.717) is 25.7 Å². The first-order valence-corrected chi connectivity index (χ1v) is 41.3. The monoisotopic (exact) mass is 1370 g/mol. The van der Waals surface area contributed by atoms with Crippen LogP contribution in [-0.4, -0.2) is 96.7 Å². The minimum absolute atomic E-state index is 0.102. The summed E-state index contributed by atoms with van der Waals surface area (Å²) in [4.78, 5) is 72.6. The number of phosphoric acid groups is 2. The van der Waals surface area contributed by atoms with Crippen molar-refractivity contribution in [1.29, 1.82) is 0 Å². The SMILES string of the molecule is CCC(C)CCCCCCCCCCCCCCCCCCCCC(=O)O[C@H](COC(=O)CCCCCCCCC(C)CC)COP(=O)(O)OC[C@H](O)COP(=O)(O)OC[C@@H](COC(=O)CCCCCCCCCCC(C)C)OC(=O)CCCCCCCCC(C)CC. The first-order valence-electron chi connectivity index (χ1n) is 38.3. The van der Waals surface area contributed by atoms with Gasteiger partial charge in [0.05, 0.1) is 26.4 Å². The fourth-order valence-corrected chi connectivity index (χ4v) is 12.7. The summed E-state index contributed by atoms with van der Waals surface area (Å²) in [6.07, 6.45) is 47.4. The molecule has 0 spiro atoms. The average molecular weight is 1370 g/mol. The fraction of sp³-hybridized carbons (Fsp3) is 0.946. The molecule has 19 heteroatoms. The van der Waals surface area contributed by atoms with E-state index in [9.17, 15) is 43.2 Å². The number of ether oxygens (including phenoxy) is 4. The maximum atomic E-state index is 13.0. The topological polar surface area (TPSA) is 237 Å². The van der Waals surface area contributed by atoms with Crippen LogP contribution in [0.15, 0.2) is 0 Å². The lowest BCUT2D eigenvalue weighted by Crippen LogP contribution is -2.30. The smallest absolute Gasteiger partial charge is 0.462 e. The Morgan fingerprint density at radius 3 is 0.763 bits per heavy atom. The molecule has 0 aromatic heterocycles. The Morgan fingerprint density at radius 2 is 0.516 bits per heavy atom. The maximum absolute atomic E-state index is 13.0. The molecule has 0 saturated carbocycles. The zero-order valence-corrected chi connectivity index (χ0v) is 62.7. The molecule has 93 heavy (non-hydrogen) atoms. The van der Waals surface area contributed by atoms with Gasteiger partial charge < -0.3 is 33.8 Å². The van der Waals surface area contributed by atoms with Crippen LogP contribution in [0.3, 0.4) is 0 Å². The Morgan fingerprint density at radius 1 is 0.301 bits per heavy atom. The summed E-state index contributed by atoms with van der Waals surface area (Å²) in [6, 6.07) is 0. The van der Waals surface area contributed by atoms with Crippen molar-refractivity contribution in [1.82, 2.24) is 0 Å². The molecule has 0 aliphatic rings. The fourth-order valence-electron chi connectivity index (χ4n) is 11.1. The summed E-state index contributed by atoms with van der Waals surface area (Å²) in [5, 5.41) is 10.6. The third-order valence-electron chi connectivity index (χ3n) is 18.2. The maximum Gasteiger partial charge on any atom is 0.472 e. The Balaban J connectivity index is 5.16. The van der Waals surface area contributed by atoms with Gasteiger partial charge in [0.25, 0.3) is 0 Å². The van der Waals surface area contributed by atoms with E-state index in [1.807, 2.05) is 0 Å². The molecule has 5 unspecified atom stereocenters. The van der Waals surface area contributed by atoms with Crippen molar-refractivity contribution in [2.24, 2.45) is 23.7 Å². The van der Waals surface area contributed by atoms with Gasteiger partial charge in [0.2, 0.25) is 0 Å². The van der Waals surface area contributed by atoms with Crippen LogP contribution in [0.2, 0.25) is 0 Å². The zero-order valence-electron chi connectivity index (χ0n) is 60.9. The summed E-state index contributed by atoms with van der Waals surface area (Å²) >= 11 is 0. The van der Waals surface area contributed by atoms with E-state index in [2.05, 4.69) is 55.4 Å². The average Bonchev–Trinajstić information content (AvgIpc) is 1.71. The zero-order chi connectivity index (χ0) is 68.9. The third-order valence-corrected chi connectivity index (χ3v) is 20.1. The molecule has 0 aliphatic carbocycles. The number of carbonyl (C=O) groups excluding carboxylic acids is 4. The molecule has 0 radical (unpaired) electrons. The normalized spacial score (nSPS) is 15.1. The first kappa shape index (κ1) is 91.1. The highest BCUT2D eigenvalue weighted by atomic mass is 31.2. The number of unbranched alkanes of at least 4 members (excludes halogenated alkanes) is 34. The third kappa shape index (κ3) is 64.5. The Bertz CT molecular complexity index is 1840. The van der Waals surface area contributed by atoms with Crippen molar-refractivity contribution >= 4 is 39.5 Å². The summed E-state index contributed by atoms with van der Waals surface area (Å²) in [5.74, 6) is 0.918. The summed E-state index contributed by atoms with van der Waals surface area (Å²) < 4.78 is 68.3. The van der Waals surface area contributed by atoms with Gasteiger partial charge in [0.15, 0.2) is 12.2 Å². The molecule has 8 atom stereocenters. The second-order valence-corrected chi connectivity index (χ2v) is 30.8. The molecule has 0 saturated heterocycles. The molecule has 0 bridgehead atoms. The van der Waals surface area contributed by atoms with Crippen molar-refractivity contribution in [3.63, 3.8) is 0 Å². The van der Waals surface area contributed by atoms with Crippen LogP contribution in [0.4, 0.5) is 0 Å². The number of rotatable bonds is 71. The van der Waals surface area contributed by atoms with Crippen molar-refractivity contribution in [2.75, 3.05) is 39.6 Å². The minimum Gasteiger partial charge on any atom is -0.462 e. The number of hydrogen-bond donors (Lipinski definition) is 3. The highest BCUT2D eigenvalue weighted by Crippen LogP contribution is 2.45. The van der Waals surface area contributed by atoms with E-state index < -0.39 is 97.5 Å². The molecule has 0 amide bonds. The van der Waals surface area contributed by atoms with Gasteiger partial charge in [-0.3, -0.25) is 37.3 Å². The van der Waals surface area contributed by atoms with Crippen LogP contribution >= 0.6 is 15.6 Å². The molecule has 0 aromatic carbocycles. The van der Waals surface area contributed by atoms with Gasteiger partial charge in [-0.25, -0.2) is 9.13 Å². The molecular weight excluding hydrogens is 1220 g/mol. The highest BCUT2D eigenvalue weighted by molar-refractivity contribution is 7.47. The Kier molecular flexibility index (Phi) is 62.2. The summed E-state index contributed by atoms with van der Waals surface area (Å²) in [7, 11) is -9.91. The standard InChI is InChI=1S/C74H144O17P2/c1-9-65(6)51-43-35-27-22-20-18-16-14-12-13-15-17-19-21-23-29-40-48-56-73(78)90-69(61-85-72(77)55-47-39-32-30-36-44-52-66(7)10-2)62-88-92(80,81)86-58-68(75)59-87-93(82,83)89-63-70(91-74(79)57-49-41-33-31-37-45-53-67(8)11-3)60-84-71(76)54-46-38-28-25-24-26-34-42-50-64(4)5/h64-70,75H,9-63H2,1-8H3,(H,80,81)(H,82,83)/t65?,66?,67?,68-,69+,70+/m0/s1. The highest BCUT2D eigenvalue weighted by Gasteiger charge is 2.30. The molecule has 0 heterocycles. The van der Waals surface area contributed by atoms with E-state index in [1.165, 1.54) is 167 Å². The number of phosphoric ester groups is 2. The van der Waals surface area contributed by atoms with Gasteiger partial charge in [0, 0.05) is 25.7 Å². The largest absolute Gasteiger partial charge is 0.472 e. The van der Waals surface area contributed by atoms with Crippen LogP contribution < -0.4 is 0 Å². The molecule has 0 aliphatic heterocycles. The van der Waals surface area contributed by atoms with E-state index in [-0.39, 0.29) is 25.7 Å². The van der Waals surface area contributed by atoms with Gasteiger partial charge in [-0.2, -0.15) is 0 Å². The van der Waals surface area contributed by atoms with Crippen molar-refractivity contribution in [3.05, 3.63) is 0 Å². The number of aliphatic hydroxyl groups is 1. The molecular formula is C74H144O17P2. The Hall–Kier alpha value is -1.94. The Labute approximate surface area is 568 Å². The van der Waals surface area contributed by atoms with Gasteiger partial charge >= 0.3 is 39.5 Å². The lowest BCUT2D eigenvalue weighted by atomic mass is 9.99. The van der Waals surface area contributed by atoms with Gasteiger partial charge in [-0.05, 0) is 49.4 Å². The molecule has 0 aromatic rings. The van der Waals surface area contributed by atoms with Crippen molar-refractivity contribution in [2.45, 2.75) is 388 Å². The summed E-state index contributed by atoms with van der Waals surface area (Å²) in [6.45, 7) is 14.1. The number of aliphatic hydroxyl groups excluding tert-OH is 1. The van der Waals surface area contributed by atoms with E-state index in [4.69, 9.17) is 37.0 Å². The number of esters is 4. The van der Waals surface area contributed by atoms with Crippen LogP contribution in [0.25, 0.3) is 0 Å². The molecule has 0 rings (SSSR count). The van der Waals surface area contributed by atoms with Gasteiger partial charge in [-0.15, -0.1) is 0 Å². The molecule has 0 fully saturated rings. The minimum atomic E-state index is -4.96. The lowest BCUT2D eigenvalue weighted by molar-refractivity contribution is -0.161.